The lowest BCUT2D eigenvalue weighted by molar-refractivity contribution is 0.174. The highest BCUT2D eigenvalue weighted by atomic mass is 16.7. The lowest BCUT2D eigenvalue weighted by Crippen LogP contribution is -2.29. The van der Waals surface area contributed by atoms with E-state index in [2.05, 4.69) is 22.5 Å². The molecule has 2 aromatic carbocycles. The first-order valence-electron chi connectivity index (χ1n) is 8.51. The van der Waals surface area contributed by atoms with E-state index in [0.29, 0.717) is 35.3 Å². The fourth-order valence-electron chi connectivity index (χ4n) is 2.34. The molecule has 0 aliphatic carbocycles. The molecule has 0 saturated carbocycles. The van der Waals surface area contributed by atoms with E-state index < -0.39 is 0 Å². The number of nitrogens with one attached hydrogen (secondary N) is 2. The summed E-state index contributed by atoms with van der Waals surface area (Å²) in [7, 11) is 0. The van der Waals surface area contributed by atoms with Crippen molar-refractivity contribution in [3.63, 3.8) is 0 Å². The molecule has 7 heteroatoms. The van der Waals surface area contributed by atoms with E-state index in [4.69, 9.17) is 18.9 Å². The summed E-state index contributed by atoms with van der Waals surface area (Å²) in [6.45, 7) is 3.04. The number of rotatable bonds is 6. The Morgan fingerprint density at radius 3 is 2.85 bits per heavy atom. The summed E-state index contributed by atoms with van der Waals surface area (Å²) in [6.07, 6.45) is 0. The molecule has 0 saturated heterocycles. The van der Waals surface area contributed by atoms with Crippen LogP contribution in [0.3, 0.4) is 0 Å². The molecule has 140 valence electrons. The maximum Gasteiger partial charge on any atom is 0.320 e. The Labute approximate surface area is 157 Å². The molecule has 7 nitrogen and oxygen atoms in total. The third-order valence-corrected chi connectivity index (χ3v) is 3.55. The second kappa shape index (κ2) is 9.25. The zero-order chi connectivity index (χ0) is 18.9. The van der Waals surface area contributed by atoms with Crippen LogP contribution in [0.4, 0.5) is 10.5 Å². The summed E-state index contributed by atoms with van der Waals surface area (Å²) in [4.78, 5) is 11.9. The number of benzene rings is 2. The van der Waals surface area contributed by atoms with Gasteiger partial charge in [0.1, 0.15) is 18.1 Å². The fraction of sp³-hybridized carbons (Fsp3) is 0.250. The molecule has 1 aliphatic heterocycles. The predicted molar refractivity (Wildman–Crippen MR) is 100 cm³/mol. The SMILES string of the molecule is CCOc1ccccc1NC(=O)NCC#CCOc1ccc2c(c1)OCO2. The van der Waals surface area contributed by atoms with Gasteiger partial charge in [-0.2, -0.15) is 0 Å². The van der Waals surface area contributed by atoms with Crippen molar-refractivity contribution < 1.29 is 23.7 Å². The Kier molecular flexibility index (Phi) is 6.26. The van der Waals surface area contributed by atoms with Gasteiger partial charge in [0, 0.05) is 6.07 Å². The third-order valence-electron chi connectivity index (χ3n) is 3.55. The molecule has 27 heavy (non-hydrogen) atoms. The van der Waals surface area contributed by atoms with Gasteiger partial charge in [0.25, 0.3) is 0 Å². The molecule has 0 radical (unpaired) electrons. The summed E-state index contributed by atoms with van der Waals surface area (Å²) in [5.41, 5.74) is 0.607. The standard InChI is InChI=1S/C20H20N2O5/c1-2-24-17-8-4-3-7-16(17)22-20(23)21-11-5-6-12-25-15-9-10-18-19(13-15)27-14-26-18/h3-4,7-10,13H,2,11-12,14H2,1H3,(H2,21,22,23). The Bertz CT molecular complexity index is 857. The highest BCUT2D eigenvalue weighted by Gasteiger charge is 2.13. The van der Waals surface area contributed by atoms with Crippen LogP contribution in [0, 0.1) is 11.8 Å². The summed E-state index contributed by atoms with van der Waals surface area (Å²) in [6, 6.07) is 12.2. The van der Waals surface area contributed by atoms with Gasteiger partial charge >= 0.3 is 6.03 Å². The van der Waals surface area contributed by atoms with Gasteiger partial charge in [-0.25, -0.2) is 4.79 Å². The molecule has 1 aliphatic rings. The summed E-state index contributed by atoms with van der Waals surface area (Å²) >= 11 is 0. The fourth-order valence-corrected chi connectivity index (χ4v) is 2.34. The van der Waals surface area contributed by atoms with E-state index in [1.54, 1.807) is 30.3 Å². The molecule has 0 atom stereocenters. The van der Waals surface area contributed by atoms with Gasteiger partial charge in [-0.15, -0.1) is 0 Å². The van der Waals surface area contributed by atoms with E-state index in [-0.39, 0.29) is 26.0 Å². The minimum absolute atomic E-state index is 0.202. The zero-order valence-electron chi connectivity index (χ0n) is 14.9. The van der Waals surface area contributed by atoms with Crippen molar-refractivity contribution in [1.82, 2.24) is 5.32 Å². The molecule has 0 bridgehead atoms. The highest BCUT2D eigenvalue weighted by Crippen LogP contribution is 2.34. The van der Waals surface area contributed by atoms with Crippen LogP contribution < -0.4 is 29.6 Å². The molecule has 0 spiro atoms. The largest absolute Gasteiger partial charge is 0.492 e. The lowest BCUT2D eigenvalue weighted by atomic mass is 10.3. The van der Waals surface area contributed by atoms with Crippen LogP contribution >= 0.6 is 0 Å². The van der Waals surface area contributed by atoms with Gasteiger partial charge in [0.05, 0.1) is 18.8 Å². The molecule has 0 aromatic heterocycles. The number of ether oxygens (including phenoxy) is 4. The Morgan fingerprint density at radius 2 is 1.96 bits per heavy atom. The number of anilines is 1. The minimum atomic E-state index is -0.354. The smallest absolute Gasteiger partial charge is 0.320 e. The number of amides is 2. The van der Waals surface area contributed by atoms with Crippen molar-refractivity contribution >= 4 is 11.7 Å². The van der Waals surface area contributed by atoms with Gasteiger partial charge < -0.3 is 29.6 Å². The number of hydrogen-bond donors (Lipinski definition) is 2. The van der Waals surface area contributed by atoms with E-state index in [1.807, 2.05) is 19.1 Å². The normalized spacial score (nSPS) is 11.1. The van der Waals surface area contributed by atoms with Crippen molar-refractivity contribution in [3.05, 3.63) is 42.5 Å². The number of carbonyl (C=O) groups excluding carboxylic acids is 1. The average Bonchev–Trinajstić information content (AvgIpc) is 3.14. The number of fused-ring (bicyclic) bond motifs is 1. The lowest BCUT2D eigenvalue weighted by Gasteiger charge is -2.11. The third kappa shape index (κ3) is 5.22. The first kappa shape index (κ1) is 18.3. The first-order valence-corrected chi connectivity index (χ1v) is 8.51. The topological polar surface area (TPSA) is 78.1 Å². The molecule has 0 fully saturated rings. The molecule has 2 aromatic rings. The number of carbonyl (C=O) groups is 1. The van der Waals surface area contributed by atoms with Crippen LogP contribution in [0.5, 0.6) is 23.0 Å². The summed E-state index contributed by atoms with van der Waals surface area (Å²) < 4.78 is 21.5. The van der Waals surface area contributed by atoms with Gasteiger partial charge in [0.15, 0.2) is 11.5 Å². The number of hydrogen-bond acceptors (Lipinski definition) is 5. The van der Waals surface area contributed by atoms with E-state index >= 15 is 0 Å². The van der Waals surface area contributed by atoms with Crippen LogP contribution in [0.2, 0.25) is 0 Å². The van der Waals surface area contributed by atoms with Crippen LogP contribution in [-0.4, -0.2) is 32.6 Å². The second-order valence-corrected chi connectivity index (χ2v) is 5.39. The summed E-state index contributed by atoms with van der Waals surface area (Å²) in [5, 5.41) is 5.40. The van der Waals surface area contributed by atoms with Gasteiger partial charge in [0.2, 0.25) is 6.79 Å². The average molecular weight is 368 g/mol. The van der Waals surface area contributed by atoms with Gasteiger partial charge in [-0.3, -0.25) is 0 Å². The number of para-hydroxylation sites is 2. The number of urea groups is 1. The molecule has 2 amide bonds. The Balaban J connectivity index is 1.39. The molecule has 1 heterocycles. The van der Waals surface area contributed by atoms with Crippen molar-refractivity contribution in [2.24, 2.45) is 0 Å². The van der Waals surface area contributed by atoms with Crippen molar-refractivity contribution in [1.29, 1.82) is 0 Å². The predicted octanol–water partition coefficient (Wildman–Crippen LogP) is 3.02. The zero-order valence-corrected chi connectivity index (χ0v) is 14.9. The maximum absolute atomic E-state index is 11.9. The van der Waals surface area contributed by atoms with Gasteiger partial charge in [-0.05, 0) is 31.2 Å². The first-order chi connectivity index (χ1) is 13.3. The van der Waals surface area contributed by atoms with Crippen molar-refractivity contribution in [2.45, 2.75) is 6.92 Å². The van der Waals surface area contributed by atoms with E-state index in [0.717, 1.165) is 0 Å². The molecular weight excluding hydrogens is 348 g/mol. The molecule has 3 rings (SSSR count). The van der Waals surface area contributed by atoms with Crippen LogP contribution in [0.1, 0.15) is 6.92 Å². The van der Waals surface area contributed by atoms with Crippen LogP contribution in [-0.2, 0) is 0 Å². The molecule has 0 unspecified atom stereocenters. The molecular formula is C20H20N2O5. The van der Waals surface area contributed by atoms with Crippen LogP contribution in [0.15, 0.2) is 42.5 Å². The van der Waals surface area contributed by atoms with Crippen LogP contribution in [0.25, 0.3) is 0 Å². The van der Waals surface area contributed by atoms with E-state index in [1.165, 1.54) is 0 Å². The summed E-state index contributed by atoms with van der Waals surface area (Å²) in [5.74, 6) is 8.30. The minimum Gasteiger partial charge on any atom is -0.492 e. The van der Waals surface area contributed by atoms with Gasteiger partial charge in [-0.1, -0.05) is 24.0 Å². The monoisotopic (exact) mass is 368 g/mol. The van der Waals surface area contributed by atoms with E-state index in [9.17, 15) is 4.79 Å². The maximum atomic E-state index is 11.9. The van der Waals surface area contributed by atoms with Crippen molar-refractivity contribution in [2.75, 3.05) is 31.9 Å². The van der Waals surface area contributed by atoms with Crippen molar-refractivity contribution in [3.8, 4) is 34.8 Å². The quantitative estimate of drug-likeness (QED) is 0.767. The molecule has 2 N–H and O–H groups in total. The highest BCUT2D eigenvalue weighted by molar-refractivity contribution is 5.91. The Morgan fingerprint density at radius 1 is 1.11 bits per heavy atom. The second-order valence-electron chi connectivity index (χ2n) is 5.39. The Hall–Kier alpha value is -3.53.